The van der Waals surface area contributed by atoms with Crippen LogP contribution in [-0.2, 0) is 32.9 Å². The van der Waals surface area contributed by atoms with E-state index in [1.165, 1.54) is 19.3 Å². The molecule has 0 fully saturated rings. The number of carbonyl (C=O) groups is 3. The minimum Gasteiger partial charge on any atom is -0.462 e. The molecule has 0 aliphatic heterocycles. The Hall–Kier alpha value is -2.10. The zero-order valence-corrected chi connectivity index (χ0v) is 27.5. The van der Waals surface area contributed by atoms with Crippen LogP contribution in [0.1, 0.15) is 117 Å². The summed E-state index contributed by atoms with van der Waals surface area (Å²) in [4.78, 5) is 54.7. The lowest BCUT2D eigenvalue weighted by molar-refractivity contribution is -0.161. The molecule has 0 radical (unpaired) electrons. The Kier molecular flexibility index (Phi) is 21.9. The molecule has 0 aromatic heterocycles. The molecular weight excluding hydrogens is 587 g/mol. The van der Waals surface area contributed by atoms with Crippen molar-refractivity contribution in [1.29, 1.82) is 0 Å². The average molecular weight is 643 g/mol. The summed E-state index contributed by atoms with van der Waals surface area (Å²) in [7, 11) is -4.79. The summed E-state index contributed by atoms with van der Waals surface area (Å²) in [6, 6.07) is 0. The van der Waals surface area contributed by atoms with Crippen molar-refractivity contribution in [2.24, 2.45) is 11.8 Å². The fourth-order valence-electron chi connectivity index (χ4n) is 4.83. The Balaban J connectivity index is 2.37. The SMILES string of the molecule is CCCCCCCCCC(=O)O[C@H](COC(=O)CCC/C=C\C[C@H]1C=CC(=O)[C@@H]1/C=C/[C@@H](O)CCCCC)COP(=O)(O)O. The van der Waals surface area contributed by atoms with E-state index in [9.17, 15) is 24.1 Å². The van der Waals surface area contributed by atoms with Gasteiger partial charge in [0.1, 0.15) is 6.61 Å². The zero-order valence-electron chi connectivity index (χ0n) is 26.6. The lowest BCUT2D eigenvalue weighted by Crippen LogP contribution is -2.29. The van der Waals surface area contributed by atoms with Gasteiger partial charge in [-0.25, -0.2) is 4.57 Å². The number of carbonyl (C=O) groups excluding carboxylic acids is 3. The van der Waals surface area contributed by atoms with Crippen LogP contribution in [0.15, 0.2) is 36.5 Å². The second-order valence-electron chi connectivity index (χ2n) is 11.5. The van der Waals surface area contributed by atoms with Gasteiger partial charge in [0, 0.05) is 18.8 Å². The zero-order chi connectivity index (χ0) is 32.6. The first-order valence-electron chi connectivity index (χ1n) is 16.3. The number of rotatable bonds is 26. The highest BCUT2D eigenvalue weighted by Gasteiger charge is 2.27. The summed E-state index contributed by atoms with van der Waals surface area (Å²) >= 11 is 0. The van der Waals surface area contributed by atoms with Crippen LogP contribution in [0.4, 0.5) is 0 Å². The lowest BCUT2D eigenvalue weighted by Gasteiger charge is -2.18. The van der Waals surface area contributed by atoms with Crippen molar-refractivity contribution in [1.82, 2.24) is 0 Å². The van der Waals surface area contributed by atoms with E-state index in [2.05, 4.69) is 18.4 Å². The molecule has 0 amide bonds. The number of phosphoric ester groups is 1. The van der Waals surface area contributed by atoms with Gasteiger partial charge in [-0.1, -0.05) is 102 Å². The normalized spacial score (nSPS) is 18.3. The number of aliphatic hydroxyl groups is 1. The van der Waals surface area contributed by atoms with Gasteiger partial charge in [0.15, 0.2) is 11.9 Å². The lowest BCUT2D eigenvalue weighted by atomic mass is 9.90. The molecule has 3 N–H and O–H groups in total. The smallest absolute Gasteiger partial charge is 0.462 e. The van der Waals surface area contributed by atoms with Gasteiger partial charge in [-0.2, -0.15) is 0 Å². The number of ether oxygens (including phenoxy) is 2. The minimum absolute atomic E-state index is 0.0311. The van der Waals surface area contributed by atoms with Gasteiger partial charge >= 0.3 is 19.8 Å². The van der Waals surface area contributed by atoms with Crippen LogP contribution in [0.2, 0.25) is 0 Å². The van der Waals surface area contributed by atoms with Crippen LogP contribution in [0, 0.1) is 11.8 Å². The molecule has 10 nitrogen and oxygen atoms in total. The Morgan fingerprint density at radius 1 is 0.909 bits per heavy atom. The standard InChI is InChI=1S/C33H55O10P/c1-3-5-7-8-9-10-16-20-33(37)43-29(26-42-44(38,39)40)25-41-32(36)19-15-12-11-14-17-27-21-24-31(35)30(27)23-22-28(34)18-13-6-4-2/h11,14,21-24,27-30,34H,3-10,12-13,15-20,25-26H2,1-2H3,(H2,38,39,40)/b14-11-,23-22+/t27-,28-,29+,30+/m0/s1. The number of ketones is 1. The highest BCUT2D eigenvalue weighted by molar-refractivity contribution is 7.46. The third kappa shape index (κ3) is 20.8. The van der Waals surface area contributed by atoms with E-state index in [0.717, 1.165) is 38.5 Å². The predicted molar refractivity (Wildman–Crippen MR) is 169 cm³/mol. The fourth-order valence-corrected chi connectivity index (χ4v) is 5.19. The van der Waals surface area contributed by atoms with E-state index >= 15 is 0 Å². The molecule has 4 atom stereocenters. The molecule has 0 aromatic carbocycles. The van der Waals surface area contributed by atoms with E-state index in [4.69, 9.17) is 19.3 Å². The number of unbranched alkanes of at least 4 members (excludes halogenated alkanes) is 9. The Labute approximate surface area is 263 Å². The van der Waals surface area contributed by atoms with Crippen molar-refractivity contribution >= 4 is 25.5 Å². The van der Waals surface area contributed by atoms with E-state index in [-0.39, 0.29) is 37.1 Å². The third-order valence-corrected chi connectivity index (χ3v) is 7.89. The average Bonchev–Trinajstić information content (AvgIpc) is 3.33. The van der Waals surface area contributed by atoms with Crippen molar-refractivity contribution < 1.29 is 47.8 Å². The van der Waals surface area contributed by atoms with E-state index in [1.54, 1.807) is 12.2 Å². The maximum atomic E-state index is 12.3. The van der Waals surface area contributed by atoms with Crippen molar-refractivity contribution in [3.8, 4) is 0 Å². The molecule has 0 saturated heterocycles. The van der Waals surface area contributed by atoms with Crippen LogP contribution >= 0.6 is 7.82 Å². The van der Waals surface area contributed by atoms with Gasteiger partial charge in [0.25, 0.3) is 0 Å². The molecule has 44 heavy (non-hydrogen) atoms. The third-order valence-electron chi connectivity index (χ3n) is 7.41. The number of aliphatic hydroxyl groups excluding tert-OH is 1. The molecule has 0 spiro atoms. The maximum Gasteiger partial charge on any atom is 0.469 e. The summed E-state index contributed by atoms with van der Waals surface area (Å²) in [5, 5.41) is 10.1. The van der Waals surface area contributed by atoms with E-state index in [0.29, 0.717) is 32.1 Å². The second-order valence-corrected chi connectivity index (χ2v) is 12.7. The number of phosphoric acid groups is 1. The molecule has 0 heterocycles. The van der Waals surface area contributed by atoms with Crippen LogP contribution in [0.25, 0.3) is 0 Å². The number of hydrogen-bond donors (Lipinski definition) is 3. The molecular formula is C33H55O10P. The molecule has 0 aromatic rings. The summed E-state index contributed by atoms with van der Waals surface area (Å²) in [6.07, 6.45) is 22.5. The van der Waals surface area contributed by atoms with Gasteiger partial charge in [0.05, 0.1) is 12.7 Å². The molecule has 0 bridgehead atoms. The molecule has 252 valence electrons. The molecule has 0 saturated carbocycles. The van der Waals surface area contributed by atoms with Crippen molar-refractivity contribution in [2.45, 2.75) is 129 Å². The second kappa shape index (κ2) is 24.2. The van der Waals surface area contributed by atoms with Crippen molar-refractivity contribution in [2.75, 3.05) is 13.2 Å². The first-order chi connectivity index (χ1) is 21.1. The number of esters is 2. The Morgan fingerprint density at radius 2 is 1.57 bits per heavy atom. The van der Waals surface area contributed by atoms with Crippen molar-refractivity contribution in [3.63, 3.8) is 0 Å². The van der Waals surface area contributed by atoms with Crippen LogP contribution in [-0.4, -0.2) is 58.0 Å². The van der Waals surface area contributed by atoms with Gasteiger partial charge in [-0.15, -0.1) is 0 Å². The Morgan fingerprint density at radius 3 is 2.27 bits per heavy atom. The number of allylic oxidation sites excluding steroid dienone is 5. The minimum atomic E-state index is -4.79. The van der Waals surface area contributed by atoms with E-state index < -0.39 is 38.6 Å². The first kappa shape index (κ1) is 39.9. The molecule has 1 rings (SSSR count). The molecule has 11 heteroatoms. The quantitative estimate of drug-likeness (QED) is 0.0403. The summed E-state index contributed by atoms with van der Waals surface area (Å²) in [6.45, 7) is 3.32. The maximum absolute atomic E-state index is 12.3. The molecule has 1 aliphatic carbocycles. The Bertz CT molecular complexity index is 954. The fraction of sp³-hybridized carbons (Fsp3) is 0.727. The molecule has 0 unspecified atom stereocenters. The summed E-state index contributed by atoms with van der Waals surface area (Å²) < 4.78 is 26.1. The summed E-state index contributed by atoms with van der Waals surface area (Å²) in [5.74, 6) is -1.25. The first-order valence-corrected chi connectivity index (χ1v) is 17.9. The topological polar surface area (TPSA) is 157 Å². The highest BCUT2D eigenvalue weighted by Crippen LogP contribution is 2.36. The van der Waals surface area contributed by atoms with Crippen molar-refractivity contribution in [3.05, 3.63) is 36.5 Å². The van der Waals surface area contributed by atoms with Crippen LogP contribution in [0.5, 0.6) is 0 Å². The molecule has 1 aliphatic rings. The van der Waals surface area contributed by atoms with Gasteiger partial charge in [0.2, 0.25) is 0 Å². The van der Waals surface area contributed by atoms with Gasteiger partial charge < -0.3 is 24.4 Å². The number of hydrogen-bond acceptors (Lipinski definition) is 8. The van der Waals surface area contributed by atoms with Crippen LogP contribution in [0.3, 0.4) is 0 Å². The largest absolute Gasteiger partial charge is 0.469 e. The van der Waals surface area contributed by atoms with Gasteiger partial charge in [-0.3, -0.25) is 18.9 Å². The van der Waals surface area contributed by atoms with E-state index in [1.807, 2.05) is 24.3 Å². The monoisotopic (exact) mass is 642 g/mol. The highest BCUT2D eigenvalue weighted by atomic mass is 31.2. The predicted octanol–water partition coefficient (Wildman–Crippen LogP) is 6.68. The summed E-state index contributed by atoms with van der Waals surface area (Å²) in [5.41, 5.74) is 0. The van der Waals surface area contributed by atoms with Gasteiger partial charge in [-0.05, 0) is 44.1 Å². The van der Waals surface area contributed by atoms with Crippen LogP contribution < -0.4 is 0 Å².